The van der Waals surface area contributed by atoms with Crippen molar-refractivity contribution in [3.05, 3.63) is 34.3 Å². The van der Waals surface area contributed by atoms with Crippen molar-refractivity contribution in [2.45, 2.75) is 26.4 Å². The second-order valence-electron chi connectivity index (χ2n) is 4.22. The van der Waals surface area contributed by atoms with E-state index in [0.29, 0.717) is 12.5 Å². The third-order valence-electron chi connectivity index (χ3n) is 2.43. The van der Waals surface area contributed by atoms with Crippen LogP contribution in [0.3, 0.4) is 0 Å². The van der Waals surface area contributed by atoms with E-state index in [1.165, 1.54) is 4.88 Å². The van der Waals surface area contributed by atoms with Crippen molar-refractivity contribution in [2.75, 3.05) is 12.4 Å². The molecule has 96 valence electrons. The minimum Gasteiger partial charge on any atom is -0.472 e. The van der Waals surface area contributed by atoms with Crippen LogP contribution in [0.25, 0.3) is 0 Å². The molecule has 1 N–H and O–H groups in total. The molecule has 2 heterocycles. The third-order valence-corrected chi connectivity index (χ3v) is 3.28. The highest BCUT2D eigenvalue weighted by Crippen LogP contribution is 2.20. The van der Waals surface area contributed by atoms with Crippen LogP contribution in [0.1, 0.15) is 30.5 Å². The van der Waals surface area contributed by atoms with E-state index in [1.54, 1.807) is 11.3 Å². The van der Waals surface area contributed by atoms with Crippen molar-refractivity contribution in [1.82, 2.24) is 9.97 Å². The number of nitrogens with one attached hydrogen (secondary N) is 1. The fraction of sp³-hybridized carbons (Fsp3) is 0.385. The van der Waals surface area contributed by atoms with Crippen LogP contribution in [0.2, 0.25) is 0 Å². The van der Waals surface area contributed by atoms with Gasteiger partial charge in [0, 0.05) is 23.9 Å². The molecule has 0 amide bonds. The molecule has 0 aromatic carbocycles. The first kappa shape index (κ1) is 12.8. The van der Waals surface area contributed by atoms with Gasteiger partial charge in [-0.1, -0.05) is 19.9 Å². The third kappa shape index (κ3) is 3.20. The molecule has 0 aliphatic rings. The number of rotatable bonds is 5. The van der Waals surface area contributed by atoms with Gasteiger partial charge in [0.15, 0.2) is 0 Å². The van der Waals surface area contributed by atoms with Crippen molar-refractivity contribution in [1.29, 1.82) is 0 Å². The number of ether oxygens (including phenoxy) is 1. The fourth-order valence-electron chi connectivity index (χ4n) is 1.44. The Bertz CT molecular complexity index is 497. The van der Waals surface area contributed by atoms with Gasteiger partial charge in [0.2, 0.25) is 5.88 Å². The Labute approximate surface area is 111 Å². The Morgan fingerprint density at radius 3 is 2.83 bits per heavy atom. The second-order valence-corrected chi connectivity index (χ2v) is 5.25. The van der Waals surface area contributed by atoms with E-state index in [9.17, 15) is 0 Å². The molecule has 0 unspecified atom stereocenters. The van der Waals surface area contributed by atoms with Crippen molar-refractivity contribution < 1.29 is 4.74 Å². The lowest BCUT2D eigenvalue weighted by Gasteiger charge is -2.10. The number of hydrogen-bond acceptors (Lipinski definition) is 5. The van der Waals surface area contributed by atoms with Crippen molar-refractivity contribution >= 4 is 17.2 Å². The topological polar surface area (TPSA) is 47.0 Å². The van der Waals surface area contributed by atoms with Crippen LogP contribution in [-0.2, 0) is 6.61 Å². The molecule has 0 radical (unpaired) electrons. The second kappa shape index (κ2) is 5.82. The Morgan fingerprint density at radius 1 is 1.39 bits per heavy atom. The standard InChI is InChI=1S/C13H17N3OS/c1-9(2)13-15-11(14-3)7-12(16-13)17-8-10-5-4-6-18-10/h4-7,9H,8H2,1-3H3,(H,14,15,16). The predicted octanol–water partition coefficient (Wildman–Crippen LogP) is 3.28. The maximum Gasteiger partial charge on any atom is 0.219 e. The zero-order valence-corrected chi connectivity index (χ0v) is 11.6. The van der Waals surface area contributed by atoms with Gasteiger partial charge in [-0.25, -0.2) is 4.98 Å². The maximum absolute atomic E-state index is 5.70. The summed E-state index contributed by atoms with van der Waals surface area (Å²) in [5.41, 5.74) is 0. The zero-order chi connectivity index (χ0) is 13.0. The number of nitrogens with zero attached hydrogens (tertiary/aromatic N) is 2. The molecule has 0 spiro atoms. The summed E-state index contributed by atoms with van der Waals surface area (Å²) in [6, 6.07) is 5.88. The molecule has 2 aromatic heterocycles. The summed E-state index contributed by atoms with van der Waals surface area (Å²) in [6.07, 6.45) is 0. The molecule has 2 aromatic rings. The lowest BCUT2D eigenvalue weighted by molar-refractivity contribution is 0.295. The summed E-state index contributed by atoms with van der Waals surface area (Å²) in [7, 11) is 1.84. The van der Waals surface area contributed by atoms with E-state index in [-0.39, 0.29) is 5.92 Å². The predicted molar refractivity (Wildman–Crippen MR) is 74.3 cm³/mol. The summed E-state index contributed by atoms with van der Waals surface area (Å²) in [4.78, 5) is 9.99. The molecular formula is C13H17N3OS. The lowest BCUT2D eigenvalue weighted by Crippen LogP contribution is -2.05. The van der Waals surface area contributed by atoms with E-state index in [1.807, 2.05) is 30.6 Å². The number of aromatic nitrogens is 2. The molecule has 2 rings (SSSR count). The van der Waals surface area contributed by atoms with Gasteiger partial charge < -0.3 is 10.1 Å². The van der Waals surface area contributed by atoms with Gasteiger partial charge in [0.25, 0.3) is 0 Å². The Balaban J connectivity index is 2.13. The molecule has 0 saturated heterocycles. The normalized spacial score (nSPS) is 10.7. The SMILES string of the molecule is CNc1cc(OCc2cccs2)nc(C(C)C)n1. The largest absolute Gasteiger partial charge is 0.472 e. The van der Waals surface area contributed by atoms with Gasteiger partial charge in [0.05, 0.1) is 0 Å². The van der Waals surface area contributed by atoms with Crippen molar-refractivity contribution in [3.63, 3.8) is 0 Å². The van der Waals surface area contributed by atoms with E-state index >= 15 is 0 Å². The van der Waals surface area contributed by atoms with Crippen LogP contribution < -0.4 is 10.1 Å². The maximum atomic E-state index is 5.70. The Kier molecular flexibility index (Phi) is 4.15. The number of thiophene rings is 1. The highest BCUT2D eigenvalue weighted by atomic mass is 32.1. The fourth-order valence-corrected chi connectivity index (χ4v) is 2.06. The molecule has 5 heteroatoms. The van der Waals surface area contributed by atoms with Crippen LogP contribution in [0, 0.1) is 0 Å². The van der Waals surface area contributed by atoms with E-state index in [2.05, 4.69) is 29.1 Å². The highest BCUT2D eigenvalue weighted by Gasteiger charge is 2.08. The minimum absolute atomic E-state index is 0.280. The minimum atomic E-state index is 0.280. The lowest BCUT2D eigenvalue weighted by atomic mass is 10.2. The van der Waals surface area contributed by atoms with E-state index in [4.69, 9.17) is 4.74 Å². The molecule has 0 saturated carbocycles. The summed E-state index contributed by atoms with van der Waals surface area (Å²) in [6.45, 7) is 4.69. The highest BCUT2D eigenvalue weighted by molar-refractivity contribution is 7.09. The first-order valence-corrected chi connectivity index (χ1v) is 6.79. The summed E-state index contributed by atoms with van der Waals surface area (Å²) in [5, 5.41) is 5.07. The van der Waals surface area contributed by atoms with Crippen LogP contribution in [0.4, 0.5) is 5.82 Å². The van der Waals surface area contributed by atoms with Crippen molar-refractivity contribution in [2.24, 2.45) is 0 Å². The summed E-state index contributed by atoms with van der Waals surface area (Å²) < 4.78 is 5.70. The smallest absolute Gasteiger partial charge is 0.219 e. The van der Waals surface area contributed by atoms with Gasteiger partial charge in [-0.05, 0) is 11.4 Å². The molecule has 0 aliphatic carbocycles. The van der Waals surface area contributed by atoms with Gasteiger partial charge in [-0.2, -0.15) is 4.98 Å². The molecule has 0 bridgehead atoms. The van der Waals surface area contributed by atoms with Crippen LogP contribution >= 0.6 is 11.3 Å². The molecule has 0 atom stereocenters. The van der Waals surface area contributed by atoms with Gasteiger partial charge >= 0.3 is 0 Å². The average molecular weight is 263 g/mol. The molecule has 18 heavy (non-hydrogen) atoms. The quantitative estimate of drug-likeness (QED) is 0.899. The van der Waals surface area contributed by atoms with Gasteiger partial charge in [-0.15, -0.1) is 11.3 Å². The molecule has 0 aliphatic heterocycles. The number of hydrogen-bond donors (Lipinski definition) is 1. The van der Waals surface area contributed by atoms with Gasteiger partial charge in [0.1, 0.15) is 18.2 Å². The average Bonchev–Trinajstić information content (AvgIpc) is 2.89. The molecular weight excluding hydrogens is 246 g/mol. The van der Waals surface area contributed by atoms with Crippen LogP contribution in [0.5, 0.6) is 5.88 Å². The Morgan fingerprint density at radius 2 is 2.22 bits per heavy atom. The summed E-state index contributed by atoms with van der Waals surface area (Å²) in [5.74, 6) is 2.48. The molecule has 4 nitrogen and oxygen atoms in total. The zero-order valence-electron chi connectivity index (χ0n) is 10.8. The first-order valence-electron chi connectivity index (χ1n) is 5.91. The van der Waals surface area contributed by atoms with E-state index in [0.717, 1.165) is 11.6 Å². The first-order chi connectivity index (χ1) is 8.69. The van der Waals surface area contributed by atoms with Crippen LogP contribution in [-0.4, -0.2) is 17.0 Å². The monoisotopic (exact) mass is 263 g/mol. The number of anilines is 1. The summed E-state index contributed by atoms with van der Waals surface area (Å²) >= 11 is 1.68. The Hall–Kier alpha value is -1.62. The molecule has 0 fully saturated rings. The van der Waals surface area contributed by atoms with Gasteiger partial charge in [-0.3, -0.25) is 0 Å². The van der Waals surface area contributed by atoms with Crippen molar-refractivity contribution in [3.8, 4) is 5.88 Å². The van der Waals surface area contributed by atoms with Crippen LogP contribution in [0.15, 0.2) is 23.6 Å². The van der Waals surface area contributed by atoms with E-state index < -0.39 is 0 Å².